The second kappa shape index (κ2) is 5.91. The molecular formula is C14H16ClNO2. The smallest absolute Gasteiger partial charge is 0.212 e. The van der Waals surface area contributed by atoms with Crippen LogP contribution in [0.4, 0.5) is 0 Å². The molecule has 0 saturated heterocycles. The maximum absolute atomic E-state index is 5.91. The van der Waals surface area contributed by atoms with Crippen LogP contribution >= 0.6 is 11.6 Å². The van der Waals surface area contributed by atoms with Gasteiger partial charge in [-0.15, -0.1) is 11.6 Å². The summed E-state index contributed by atoms with van der Waals surface area (Å²) in [6.45, 7) is 4.65. The molecule has 0 amide bonds. The van der Waals surface area contributed by atoms with E-state index in [0.717, 1.165) is 30.1 Å². The van der Waals surface area contributed by atoms with Crippen LogP contribution in [-0.4, -0.2) is 11.6 Å². The van der Waals surface area contributed by atoms with Gasteiger partial charge in [-0.1, -0.05) is 6.92 Å². The summed E-state index contributed by atoms with van der Waals surface area (Å²) < 4.78 is 11.1. The third-order valence-corrected chi connectivity index (χ3v) is 2.66. The summed E-state index contributed by atoms with van der Waals surface area (Å²) in [5, 5.41) is -0.217. The summed E-state index contributed by atoms with van der Waals surface area (Å²) in [6, 6.07) is 7.76. The first-order chi connectivity index (χ1) is 8.70. The van der Waals surface area contributed by atoms with Gasteiger partial charge in [-0.3, -0.25) is 0 Å². The van der Waals surface area contributed by atoms with Crippen molar-refractivity contribution in [1.29, 1.82) is 0 Å². The van der Waals surface area contributed by atoms with E-state index in [0.29, 0.717) is 5.89 Å². The minimum atomic E-state index is -0.217. The van der Waals surface area contributed by atoms with Crippen LogP contribution in [0.3, 0.4) is 0 Å². The van der Waals surface area contributed by atoms with E-state index in [-0.39, 0.29) is 5.38 Å². The number of nitrogens with zero attached hydrogens (tertiary/aromatic N) is 1. The van der Waals surface area contributed by atoms with Gasteiger partial charge >= 0.3 is 0 Å². The molecule has 0 aliphatic carbocycles. The number of halogens is 1. The molecule has 1 heterocycles. The van der Waals surface area contributed by atoms with E-state index >= 15 is 0 Å². The molecule has 18 heavy (non-hydrogen) atoms. The highest BCUT2D eigenvalue weighted by Crippen LogP contribution is 2.26. The van der Waals surface area contributed by atoms with Crippen molar-refractivity contribution in [2.45, 2.75) is 25.6 Å². The third-order valence-electron chi connectivity index (χ3n) is 2.48. The summed E-state index contributed by atoms with van der Waals surface area (Å²) in [5.41, 5.74) is 0.968. The Hall–Kier alpha value is -1.48. The van der Waals surface area contributed by atoms with Gasteiger partial charge in [0.1, 0.15) is 11.1 Å². The van der Waals surface area contributed by atoms with Crippen LogP contribution in [0.1, 0.15) is 31.5 Å². The number of rotatable bonds is 5. The van der Waals surface area contributed by atoms with Gasteiger partial charge in [0.25, 0.3) is 0 Å². The second-order valence-corrected chi connectivity index (χ2v) is 4.71. The van der Waals surface area contributed by atoms with E-state index < -0.39 is 0 Å². The summed E-state index contributed by atoms with van der Waals surface area (Å²) in [7, 11) is 0. The Bertz CT molecular complexity index is 491. The maximum Gasteiger partial charge on any atom is 0.212 e. The molecular weight excluding hydrogens is 250 g/mol. The van der Waals surface area contributed by atoms with E-state index in [1.54, 1.807) is 6.20 Å². The Morgan fingerprint density at radius 3 is 2.61 bits per heavy atom. The average molecular weight is 266 g/mol. The Morgan fingerprint density at radius 2 is 2.06 bits per heavy atom. The highest BCUT2D eigenvalue weighted by molar-refractivity contribution is 6.20. The molecule has 0 N–H and O–H groups in total. The molecule has 0 bridgehead atoms. The molecule has 1 aromatic carbocycles. The molecule has 2 rings (SSSR count). The molecule has 0 aliphatic rings. The Kier molecular flexibility index (Phi) is 4.26. The average Bonchev–Trinajstić information content (AvgIpc) is 2.87. The van der Waals surface area contributed by atoms with Crippen LogP contribution in [0.15, 0.2) is 34.9 Å². The van der Waals surface area contributed by atoms with Gasteiger partial charge in [0.2, 0.25) is 5.89 Å². The first-order valence-corrected chi connectivity index (χ1v) is 6.47. The van der Waals surface area contributed by atoms with Crippen LogP contribution in [0, 0.1) is 0 Å². The molecule has 0 aliphatic heterocycles. The van der Waals surface area contributed by atoms with Crippen LogP contribution in [0.5, 0.6) is 5.75 Å². The van der Waals surface area contributed by atoms with Gasteiger partial charge in [-0.2, -0.15) is 0 Å². The van der Waals surface area contributed by atoms with Crippen LogP contribution < -0.4 is 4.74 Å². The lowest BCUT2D eigenvalue weighted by atomic mass is 10.2. The van der Waals surface area contributed by atoms with Gasteiger partial charge in [0, 0.05) is 5.56 Å². The monoisotopic (exact) mass is 265 g/mol. The zero-order chi connectivity index (χ0) is 13.0. The lowest BCUT2D eigenvalue weighted by molar-refractivity contribution is 0.317. The Balaban J connectivity index is 2.12. The summed E-state index contributed by atoms with van der Waals surface area (Å²) >= 11 is 5.91. The number of benzene rings is 1. The summed E-state index contributed by atoms with van der Waals surface area (Å²) in [6.07, 6.45) is 2.69. The molecule has 0 fully saturated rings. The molecule has 4 heteroatoms. The second-order valence-electron chi connectivity index (χ2n) is 4.05. The SMILES string of the molecule is CCCOc1ccc(-c2cnc(C(C)Cl)o2)cc1. The van der Waals surface area contributed by atoms with Crippen molar-refractivity contribution in [3.63, 3.8) is 0 Å². The minimum absolute atomic E-state index is 0.217. The van der Waals surface area contributed by atoms with E-state index in [1.807, 2.05) is 31.2 Å². The highest BCUT2D eigenvalue weighted by atomic mass is 35.5. The maximum atomic E-state index is 5.91. The van der Waals surface area contributed by atoms with Crippen molar-refractivity contribution >= 4 is 11.6 Å². The van der Waals surface area contributed by atoms with Gasteiger partial charge in [-0.25, -0.2) is 4.98 Å². The van der Waals surface area contributed by atoms with Crippen molar-refractivity contribution in [3.05, 3.63) is 36.4 Å². The normalized spacial score (nSPS) is 12.4. The quantitative estimate of drug-likeness (QED) is 0.750. The van der Waals surface area contributed by atoms with Gasteiger partial charge in [0.15, 0.2) is 5.76 Å². The number of oxazole rings is 1. The van der Waals surface area contributed by atoms with Crippen molar-refractivity contribution in [2.75, 3.05) is 6.61 Å². The molecule has 2 aromatic rings. The minimum Gasteiger partial charge on any atom is -0.494 e. The van der Waals surface area contributed by atoms with Gasteiger partial charge in [0.05, 0.1) is 12.8 Å². The standard InChI is InChI=1S/C14H16ClNO2/c1-3-8-17-12-6-4-11(5-7-12)13-9-16-14(18-13)10(2)15/h4-7,9-10H,3,8H2,1-2H3. The summed E-state index contributed by atoms with van der Waals surface area (Å²) in [4.78, 5) is 4.13. The molecule has 1 atom stereocenters. The van der Waals surface area contributed by atoms with Gasteiger partial charge < -0.3 is 9.15 Å². The van der Waals surface area contributed by atoms with E-state index in [4.69, 9.17) is 20.8 Å². The number of hydrogen-bond donors (Lipinski definition) is 0. The molecule has 0 spiro atoms. The van der Waals surface area contributed by atoms with E-state index in [2.05, 4.69) is 11.9 Å². The van der Waals surface area contributed by atoms with E-state index in [1.165, 1.54) is 0 Å². The first kappa shape index (κ1) is 13.0. The molecule has 0 radical (unpaired) electrons. The van der Waals surface area contributed by atoms with Crippen molar-refractivity contribution in [1.82, 2.24) is 4.98 Å². The van der Waals surface area contributed by atoms with Crippen molar-refractivity contribution < 1.29 is 9.15 Å². The highest BCUT2D eigenvalue weighted by Gasteiger charge is 2.10. The largest absolute Gasteiger partial charge is 0.494 e. The van der Waals surface area contributed by atoms with Crippen LogP contribution in [0.25, 0.3) is 11.3 Å². The Labute approximate surface area is 112 Å². The van der Waals surface area contributed by atoms with Crippen LogP contribution in [0.2, 0.25) is 0 Å². The number of hydrogen-bond acceptors (Lipinski definition) is 3. The molecule has 3 nitrogen and oxygen atoms in total. The molecule has 1 unspecified atom stereocenters. The lowest BCUT2D eigenvalue weighted by Crippen LogP contribution is -1.94. The predicted octanol–water partition coefficient (Wildman–Crippen LogP) is 4.43. The number of alkyl halides is 1. The van der Waals surface area contributed by atoms with Gasteiger partial charge in [-0.05, 0) is 37.6 Å². The predicted molar refractivity (Wildman–Crippen MR) is 72.0 cm³/mol. The fraction of sp³-hybridized carbons (Fsp3) is 0.357. The zero-order valence-corrected chi connectivity index (χ0v) is 11.3. The van der Waals surface area contributed by atoms with E-state index in [9.17, 15) is 0 Å². The lowest BCUT2D eigenvalue weighted by Gasteiger charge is -2.04. The van der Waals surface area contributed by atoms with Crippen LogP contribution in [-0.2, 0) is 0 Å². The topological polar surface area (TPSA) is 35.3 Å². The number of aromatic nitrogens is 1. The first-order valence-electron chi connectivity index (χ1n) is 6.03. The molecule has 0 saturated carbocycles. The molecule has 1 aromatic heterocycles. The van der Waals surface area contributed by atoms with Crippen molar-refractivity contribution in [3.8, 4) is 17.1 Å². The fourth-order valence-electron chi connectivity index (χ4n) is 1.54. The summed E-state index contributed by atoms with van der Waals surface area (Å²) in [5.74, 6) is 2.13. The van der Waals surface area contributed by atoms with Crippen molar-refractivity contribution in [2.24, 2.45) is 0 Å². The fourth-order valence-corrected chi connectivity index (χ4v) is 1.64. The third kappa shape index (κ3) is 3.05. The molecule has 96 valence electrons. The number of ether oxygens (including phenoxy) is 1. The zero-order valence-electron chi connectivity index (χ0n) is 10.5. The Morgan fingerprint density at radius 1 is 1.33 bits per heavy atom.